The molecule has 0 saturated heterocycles. The highest BCUT2D eigenvalue weighted by Gasteiger charge is 2.25. The van der Waals surface area contributed by atoms with Crippen molar-refractivity contribution in [2.24, 2.45) is 0 Å². The molecule has 24 heavy (non-hydrogen) atoms. The Hall–Kier alpha value is -3.02. The topological polar surface area (TPSA) is 78.9 Å². The Balaban J connectivity index is 1.67. The van der Waals surface area contributed by atoms with Crippen LogP contribution >= 0.6 is 0 Å². The first-order valence-electron chi connectivity index (χ1n) is 7.65. The fraction of sp³-hybridized carbons (Fsp3) is 0.222. The summed E-state index contributed by atoms with van der Waals surface area (Å²) in [7, 11) is 0. The lowest BCUT2D eigenvalue weighted by Crippen LogP contribution is -2.40. The molecule has 0 aliphatic carbocycles. The molecule has 2 aromatic rings. The van der Waals surface area contributed by atoms with Crippen LogP contribution in [-0.2, 0) is 9.59 Å². The van der Waals surface area contributed by atoms with Gasteiger partial charge in [0.25, 0.3) is 5.91 Å². The first-order chi connectivity index (χ1) is 11.5. The number of phenolic OH excluding ortho intramolecular Hbond substituents is 1. The predicted molar refractivity (Wildman–Crippen MR) is 90.4 cm³/mol. The van der Waals surface area contributed by atoms with Crippen LogP contribution in [0.4, 0.5) is 11.4 Å². The molecule has 3 rings (SSSR count). The van der Waals surface area contributed by atoms with E-state index in [9.17, 15) is 14.7 Å². The third-order valence-corrected chi connectivity index (χ3v) is 3.75. The molecule has 6 nitrogen and oxygen atoms in total. The number of benzene rings is 2. The van der Waals surface area contributed by atoms with E-state index < -0.39 is 0 Å². The lowest BCUT2D eigenvalue weighted by molar-refractivity contribution is -0.121. The number of nitrogens with zero attached hydrogens (tertiary/aromatic N) is 1. The first kappa shape index (κ1) is 15.9. The summed E-state index contributed by atoms with van der Waals surface area (Å²) in [6, 6.07) is 12.0. The smallest absolute Gasteiger partial charge is 0.265 e. The van der Waals surface area contributed by atoms with Crippen molar-refractivity contribution in [2.45, 2.75) is 13.3 Å². The Morgan fingerprint density at radius 1 is 1.29 bits per heavy atom. The maximum absolute atomic E-state index is 12.1. The molecule has 2 aromatic carbocycles. The highest BCUT2D eigenvalue weighted by molar-refractivity contribution is 5.99. The SMILES string of the molecule is Cc1ccc2c(c1)N(CCC(=O)Nc1cccc(O)c1)C(=O)CO2. The molecule has 0 atom stereocenters. The number of carbonyl (C=O) groups excluding carboxylic acids is 2. The lowest BCUT2D eigenvalue weighted by atomic mass is 10.1. The van der Waals surface area contributed by atoms with E-state index in [1.165, 1.54) is 12.1 Å². The van der Waals surface area contributed by atoms with Crippen LogP contribution in [-0.4, -0.2) is 30.1 Å². The summed E-state index contributed by atoms with van der Waals surface area (Å²) in [4.78, 5) is 25.8. The third-order valence-electron chi connectivity index (χ3n) is 3.75. The number of hydrogen-bond acceptors (Lipinski definition) is 4. The van der Waals surface area contributed by atoms with Crippen LogP contribution in [0, 0.1) is 6.92 Å². The zero-order valence-electron chi connectivity index (χ0n) is 13.3. The highest BCUT2D eigenvalue weighted by Crippen LogP contribution is 2.32. The van der Waals surface area contributed by atoms with Gasteiger partial charge in [-0.3, -0.25) is 9.59 Å². The van der Waals surface area contributed by atoms with Crippen molar-refractivity contribution in [2.75, 3.05) is 23.4 Å². The minimum Gasteiger partial charge on any atom is -0.508 e. The molecule has 2 amide bonds. The van der Waals surface area contributed by atoms with E-state index in [1.807, 2.05) is 25.1 Å². The van der Waals surface area contributed by atoms with Crippen LogP contribution < -0.4 is 15.0 Å². The Labute approximate surface area is 139 Å². The van der Waals surface area contributed by atoms with E-state index in [-0.39, 0.29) is 37.1 Å². The van der Waals surface area contributed by atoms with Crippen molar-refractivity contribution in [1.82, 2.24) is 0 Å². The Morgan fingerprint density at radius 3 is 2.92 bits per heavy atom. The number of rotatable bonds is 4. The van der Waals surface area contributed by atoms with Gasteiger partial charge in [-0.05, 0) is 36.8 Å². The zero-order chi connectivity index (χ0) is 17.1. The van der Waals surface area contributed by atoms with Crippen molar-refractivity contribution in [3.63, 3.8) is 0 Å². The second-order valence-corrected chi connectivity index (χ2v) is 5.65. The molecular weight excluding hydrogens is 308 g/mol. The second kappa shape index (κ2) is 6.62. The number of hydrogen-bond donors (Lipinski definition) is 2. The Kier molecular flexibility index (Phi) is 4.37. The van der Waals surface area contributed by atoms with Crippen LogP contribution in [0.3, 0.4) is 0 Å². The summed E-state index contributed by atoms with van der Waals surface area (Å²) in [6.45, 7) is 2.18. The van der Waals surface area contributed by atoms with E-state index in [0.717, 1.165) is 5.56 Å². The van der Waals surface area contributed by atoms with Gasteiger partial charge < -0.3 is 20.1 Å². The van der Waals surface area contributed by atoms with Gasteiger partial charge in [0, 0.05) is 24.7 Å². The van der Waals surface area contributed by atoms with Crippen molar-refractivity contribution >= 4 is 23.2 Å². The molecule has 1 aliphatic rings. The quantitative estimate of drug-likeness (QED) is 0.904. The van der Waals surface area contributed by atoms with Gasteiger partial charge in [0.15, 0.2) is 6.61 Å². The average Bonchev–Trinajstić information content (AvgIpc) is 2.54. The number of carbonyl (C=O) groups is 2. The minimum absolute atomic E-state index is 0.0236. The molecule has 6 heteroatoms. The molecule has 2 N–H and O–H groups in total. The number of anilines is 2. The number of ether oxygens (including phenoxy) is 1. The van der Waals surface area contributed by atoms with Crippen LogP contribution in [0.25, 0.3) is 0 Å². The van der Waals surface area contributed by atoms with Crippen molar-refractivity contribution in [1.29, 1.82) is 0 Å². The van der Waals surface area contributed by atoms with Crippen LogP contribution in [0.1, 0.15) is 12.0 Å². The number of phenols is 1. The number of aryl methyl sites for hydroxylation is 1. The minimum atomic E-state index is -0.228. The van der Waals surface area contributed by atoms with Gasteiger partial charge in [-0.15, -0.1) is 0 Å². The molecule has 1 heterocycles. The maximum atomic E-state index is 12.1. The molecular formula is C18H18N2O4. The maximum Gasteiger partial charge on any atom is 0.265 e. The second-order valence-electron chi connectivity index (χ2n) is 5.65. The summed E-state index contributed by atoms with van der Waals surface area (Å²) in [5, 5.41) is 12.1. The van der Waals surface area contributed by atoms with Crippen molar-refractivity contribution < 1.29 is 19.4 Å². The molecule has 0 bridgehead atoms. The largest absolute Gasteiger partial charge is 0.508 e. The van der Waals surface area contributed by atoms with Crippen LogP contribution in [0.15, 0.2) is 42.5 Å². The van der Waals surface area contributed by atoms with Gasteiger partial charge in [-0.2, -0.15) is 0 Å². The number of aromatic hydroxyl groups is 1. The summed E-state index contributed by atoms with van der Waals surface area (Å²) >= 11 is 0. The summed E-state index contributed by atoms with van der Waals surface area (Å²) in [6.07, 6.45) is 0.148. The van der Waals surface area contributed by atoms with Gasteiger partial charge in [0.2, 0.25) is 5.91 Å². The lowest BCUT2D eigenvalue weighted by Gasteiger charge is -2.29. The fourth-order valence-corrected chi connectivity index (χ4v) is 2.58. The van der Waals surface area contributed by atoms with Gasteiger partial charge in [0.1, 0.15) is 11.5 Å². The van der Waals surface area contributed by atoms with E-state index in [0.29, 0.717) is 17.1 Å². The van der Waals surface area contributed by atoms with Crippen LogP contribution in [0.2, 0.25) is 0 Å². The highest BCUT2D eigenvalue weighted by atomic mass is 16.5. The average molecular weight is 326 g/mol. The van der Waals surface area contributed by atoms with E-state index in [4.69, 9.17) is 4.74 Å². The van der Waals surface area contributed by atoms with Gasteiger partial charge in [-0.1, -0.05) is 12.1 Å². The zero-order valence-corrected chi connectivity index (χ0v) is 13.3. The molecule has 0 unspecified atom stereocenters. The normalized spacial score (nSPS) is 13.2. The predicted octanol–water partition coefficient (Wildman–Crippen LogP) is 2.45. The standard InChI is InChI=1S/C18H18N2O4/c1-12-5-6-16-15(9-12)20(18(23)11-24-16)8-7-17(22)19-13-3-2-4-14(21)10-13/h2-6,9-10,21H,7-8,11H2,1H3,(H,19,22). The van der Waals surface area contributed by atoms with E-state index in [1.54, 1.807) is 17.0 Å². The number of nitrogens with one attached hydrogen (secondary N) is 1. The summed E-state index contributed by atoms with van der Waals surface area (Å²) < 4.78 is 5.42. The van der Waals surface area contributed by atoms with E-state index in [2.05, 4.69) is 5.32 Å². The molecule has 0 radical (unpaired) electrons. The van der Waals surface area contributed by atoms with Crippen LogP contribution in [0.5, 0.6) is 11.5 Å². The molecule has 124 valence electrons. The Bertz CT molecular complexity index is 788. The molecule has 0 saturated carbocycles. The molecule has 0 fully saturated rings. The summed E-state index contributed by atoms with van der Waals surface area (Å²) in [5.74, 6) is 0.335. The van der Waals surface area contributed by atoms with Gasteiger partial charge in [0.05, 0.1) is 5.69 Å². The number of amides is 2. The Morgan fingerprint density at radius 2 is 2.12 bits per heavy atom. The fourth-order valence-electron chi connectivity index (χ4n) is 2.58. The van der Waals surface area contributed by atoms with Crippen molar-refractivity contribution in [3.8, 4) is 11.5 Å². The van der Waals surface area contributed by atoms with E-state index >= 15 is 0 Å². The molecule has 0 spiro atoms. The molecule has 0 aromatic heterocycles. The monoisotopic (exact) mass is 326 g/mol. The first-order valence-corrected chi connectivity index (χ1v) is 7.65. The number of fused-ring (bicyclic) bond motifs is 1. The van der Waals surface area contributed by atoms with Gasteiger partial charge >= 0.3 is 0 Å². The third kappa shape index (κ3) is 3.48. The van der Waals surface area contributed by atoms with Gasteiger partial charge in [-0.25, -0.2) is 0 Å². The molecule has 1 aliphatic heterocycles. The summed E-state index contributed by atoms with van der Waals surface area (Å²) in [5.41, 5.74) is 2.22. The van der Waals surface area contributed by atoms with Crippen molar-refractivity contribution in [3.05, 3.63) is 48.0 Å².